The van der Waals surface area contributed by atoms with Crippen LogP contribution in [-0.4, -0.2) is 0 Å². The average Bonchev–Trinajstić information content (AvgIpc) is 2.18. The summed E-state index contributed by atoms with van der Waals surface area (Å²) >= 11 is 10.8. The summed E-state index contributed by atoms with van der Waals surface area (Å²) in [4.78, 5) is 0. The first-order chi connectivity index (χ1) is 6.27. The maximum absolute atomic E-state index is 8.68. The minimum Gasteiger partial charge on any atom is -0.443 e. The van der Waals surface area contributed by atoms with Gasteiger partial charge in [-0.15, -0.1) is 0 Å². The molecule has 13 heavy (non-hydrogen) atoms. The number of benzene rings is 1. The monoisotopic (exact) mass is 213 g/mol. The highest BCUT2D eigenvalue weighted by molar-refractivity contribution is 6.35. The highest BCUT2D eigenvalue weighted by Crippen LogP contribution is 2.20. The van der Waals surface area contributed by atoms with Crippen LogP contribution in [0.25, 0.3) is 0 Å². The minimum absolute atomic E-state index is 0.0318. The van der Waals surface area contributed by atoms with E-state index in [1.54, 1.807) is 24.3 Å². The van der Waals surface area contributed by atoms with Gasteiger partial charge in [-0.3, -0.25) is 0 Å². The highest BCUT2D eigenvalue weighted by Gasteiger charge is 2.02. The Kier molecular flexibility index (Phi) is 3.63. The van der Waals surface area contributed by atoms with E-state index in [4.69, 9.17) is 33.2 Å². The number of hydrogen-bond donors (Lipinski definition) is 0. The Balaban J connectivity index is 2.95. The topological polar surface area (TPSA) is 33.0 Å². The first-order valence-corrected chi connectivity index (χ1v) is 4.22. The molecule has 0 saturated heterocycles. The molecule has 2 nitrogen and oxygen atoms in total. The lowest BCUT2D eigenvalue weighted by molar-refractivity contribution is 0.462. The molecule has 0 aliphatic heterocycles. The van der Waals surface area contributed by atoms with E-state index in [9.17, 15) is 0 Å². The van der Waals surface area contributed by atoms with Gasteiger partial charge in [-0.05, 0) is 23.7 Å². The van der Waals surface area contributed by atoms with Crippen LogP contribution in [0.5, 0.6) is 5.75 Å². The molecule has 0 N–H and O–H groups in total. The molecule has 0 heterocycles. The van der Waals surface area contributed by atoms with Crippen LogP contribution in [-0.2, 0) is 0 Å². The van der Waals surface area contributed by atoms with Crippen molar-refractivity contribution in [3.8, 4) is 11.8 Å². The van der Waals surface area contributed by atoms with E-state index in [1.165, 1.54) is 0 Å². The van der Waals surface area contributed by atoms with Gasteiger partial charge in [0, 0.05) is 0 Å². The van der Waals surface area contributed by atoms with Gasteiger partial charge in [0.1, 0.15) is 11.8 Å². The molecule has 0 bridgehead atoms. The van der Waals surface area contributed by atoms with Crippen molar-refractivity contribution < 1.29 is 4.74 Å². The lowest BCUT2D eigenvalue weighted by Gasteiger charge is -2.03. The van der Waals surface area contributed by atoms with Gasteiger partial charge in [0.15, 0.2) is 0 Å². The van der Waals surface area contributed by atoms with Crippen LogP contribution >= 0.6 is 23.2 Å². The summed E-state index contributed by atoms with van der Waals surface area (Å²) in [5, 5.41) is 8.71. The fourth-order valence-electron chi connectivity index (χ4n) is 0.775. The maximum Gasteiger partial charge on any atom is 0.205 e. The van der Waals surface area contributed by atoms with Crippen molar-refractivity contribution in [2.75, 3.05) is 0 Å². The van der Waals surface area contributed by atoms with Crippen LogP contribution < -0.4 is 4.74 Å². The van der Waals surface area contributed by atoms with Crippen molar-refractivity contribution in [1.29, 1.82) is 5.26 Å². The number of ether oxygens (including phenoxy) is 1. The minimum atomic E-state index is 0.0318. The predicted molar refractivity (Wildman–Crippen MR) is 51.6 cm³/mol. The van der Waals surface area contributed by atoms with E-state index in [1.807, 2.05) is 6.07 Å². The molecule has 0 aliphatic rings. The second kappa shape index (κ2) is 4.76. The fourth-order valence-corrected chi connectivity index (χ4v) is 0.903. The van der Waals surface area contributed by atoms with Gasteiger partial charge in [-0.25, -0.2) is 0 Å². The number of nitrogens with zero attached hydrogens (tertiary/aromatic N) is 1. The quantitative estimate of drug-likeness (QED) is 0.708. The van der Waals surface area contributed by atoms with Gasteiger partial charge in [0.05, 0.1) is 11.1 Å². The molecule has 0 saturated carbocycles. The van der Waals surface area contributed by atoms with Crippen molar-refractivity contribution in [3.63, 3.8) is 0 Å². The molecule has 0 atom stereocenters. The molecule has 4 heteroatoms. The smallest absolute Gasteiger partial charge is 0.205 e. The lowest BCUT2D eigenvalue weighted by atomic mass is 10.2. The summed E-state index contributed by atoms with van der Waals surface area (Å²) in [6, 6.07) is 8.73. The number of hydrogen-bond acceptors (Lipinski definition) is 2. The van der Waals surface area contributed by atoms with Gasteiger partial charge < -0.3 is 4.74 Å². The summed E-state index contributed by atoms with van der Waals surface area (Å²) in [6.07, 6.45) is 0. The molecule has 1 aromatic carbocycles. The second-order valence-electron chi connectivity index (χ2n) is 2.12. The Morgan fingerprint density at radius 2 is 2.15 bits per heavy atom. The van der Waals surface area contributed by atoms with Gasteiger partial charge in [-0.1, -0.05) is 23.7 Å². The van der Waals surface area contributed by atoms with Crippen molar-refractivity contribution in [2.45, 2.75) is 0 Å². The third-order valence-electron chi connectivity index (χ3n) is 1.30. The third kappa shape index (κ3) is 2.66. The van der Waals surface area contributed by atoms with Gasteiger partial charge >= 0.3 is 0 Å². The zero-order valence-electron chi connectivity index (χ0n) is 6.50. The molecule has 66 valence electrons. The lowest BCUT2D eigenvalue weighted by Crippen LogP contribution is -1.90. The normalized spacial score (nSPS) is 10.7. The van der Waals surface area contributed by atoms with Crippen LogP contribution in [0.3, 0.4) is 0 Å². The first-order valence-electron chi connectivity index (χ1n) is 3.41. The van der Waals surface area contributed by atoms with Crippen molar-refractivity contribution in [3.05, 3.63) is 40.6 Å². The van der Waals surface area contributed by atoms with Crippen LogP contribution in [0.1, 0.15) is 5.56 Å². The Labute approximate surface area is 85.9 Å². The van der Waals surface area contributed by atoms with Gasteiger partial charge in [-0.2, -0.15) is 5.26 Å². The molecule has 0 amide bonds. The molecular formula is C9H5Cl2NO. The van der Waals surface area contributed by atoms with Crippen LogP contribution in [0.15, 0.2) is 35.0 Å². The summed E-state index contributed by atoms with van der Waals surface area (Å²) in [5.41, 5.74) is 1.51. The van der Waals surface area contributed by atoms with Crippen molar-refractivity contribution in [2.24, 2.45) is 0 Å². The molecular weight excluding hydrogens is 209 g/mol. The molecule has 0 fully saturated rings. The molecule has 0 spiro atoms. The zero-order chi connectivity index (χ0) is 9.68. The van der Waals surface area contributed by atoms with E-state index >= 15 is 0 Å². The van der Waals surface area contributed by atoms with Gasteiger partial charge in [0.2, 0.25) is 5.22 Å². The molecule has 1 aromatic rings. The Hall–Kier alpha value is -1.17. The van der Waals surface area contributed by atoms with E-state index in [0.29, 0.717) is 11.3 Å². The fraction of sp³-hybridized carbons (Fsp3) is 0. The molecule has 0 aliphatic carbocycles. The molecule has 0 aromatic heterocycles. The average molecular weight is 214 g/mol. The Morgan fingerprint density at radius 1 is 1.46 bits per heavy atom. The Bertz CT molecular complexity index is 368. The zero-order valence-corrected chi connectivity index (χ0v) is 8.01. The van der Waals surface area contributed by atoms with E-state index in [0.717, 1.165) is 5.54 Å². The van der Waals surface area contributed by atoms with Crippen LogP contribution in [0, 0.1) is 11.3 Å². The van der Waals surface area contributed by atoms with Crippen molar-refractivity contribution >= 4 is 23.2 Å². The number of para-hydroxylation sites is 1. The van der Waals surface area contributed by atoms with Crippen molar-refractivity contribution in [1.82, 2.24) is 0 Å². The third-order valence-corrected chi connectivity index (χ3v) is 1.80. The van der Waals surface area contributed by atoms with E-state index in [-0.39, 0.29) is 5.22 Å². The van der Waals surface area contributed by atoms with E-state index in [2.05, 4.69) is 0 Å². The molecule has 0 unspecified atom stereocenters. The molecule has 1 rings (SSSR count). The van der Waals surface area contributed by atoms with Crippen LogP contribution in [0.4, 0.5) is 0 Å². The van der Waals surface area contributed by atoms with Gasteiger partial charge in [0.25, 0.3) is 0 Å². The Morgan fingerprint density at radius 3 is 2.77 bits per heavy atom. The number of rotatable bonds is 2. The summed E-state index contributed by atoms with van der Waals surface area (Å²) in [7, 11) is 0. The van der Waals surface area contributed by atoms with E-state index < -0.39 is 0 Å². The maximum atomic E-state index is 8.68. The largest absolute Gasteiger partial charge is 0.443 e. The summed E-state index contributed by atoms with van der Waals surface area (Å²) in [5.74, 6) is 0.395. The standard InChI is InChI=1S/C9H5Cl2NO/c10-5-9(11)13-8-4-2-1-3-7(8)6-12/h1-5H/b9-5-. The first kappa shape index (κ1) is 9.91. The number of halogens is 2. The summed E-state index contributed by atoms with van der Waals surface area (Å²) in [6.45, 7) is 0. The SMILES string of the molecule is N#Cc1ccccc1O/C(Cl)=C\Cl. The number of nitriles is 1. The summed E-state index contributed by atoms with van der Waals surface area (Å²) < 4.78 is 5.06. The predicted octanol–water partition coefficient (Wildman–Crippen LogP) is 3.21. The molecule has 0 radical (unpaired) electrons. The van der Waals surface area contributed by atoms with Crippen LogP contribution in [0.2, 0.25) is 0 Å². The second-order valence-corrected chi connectivity index (χ2v) is 2.71. The highest BCUT2D eigenvalue weighted by atomic mass is 35.5.